The van der Waals surface area contributed by atoms with Crippen LogP contribution in [-0.4, -0.2) is 60.1 Å². The van der Waals surface area contributed by atoms with Crippen molar-refractivity contribution in [3.05, 3.63) is 16.1 Å². The molecule has 2 fully saturated rings. The van der Waals surface area contributed by atoms with Gasteiger partial charge in [0.2, 0.25) is 5.91 Å². The van der Waals surface area contributed by atoms with Gasteiger partial charge >= 0.3 is 0 Å². The number of nitrogens with zero attached hydrogens (tertiary/aromatic N) is 3. The summed E-state index contributed by atoms with van der Waals surface area (Å²) >= 11 is 1.78. The first kappa shape index (κ1) is 18.8. The van der Waals surface area contributed by atoms with Gasteiger partial charge < -0.3 is 9.64 Å². The third-order valence-electron chi connectivity index (χ3n) is 5.25. The van der Waals surface area contributed by atoms with E-state index in [1.165, 1.54) is 23.5 Å². The lowest BCUT2D eigenvalue weighted by molar-refractivity contribution is -0.135. The predicted octanol–water partition coefficient (Wildman–Crippen LogP) is 3.12. The molecule has 0 spiro atoms. The highest BCUT2D eigenvalue weighted by Gasteiger charge is 2.23. The topological polar surface area (TPSA) is 45.7 Å². The fourth-order valence-corrected chi connectivity index (χ4v) is 4.68. The number of ether oxygens (including phenoxy) is 1. The van der Waals surface area contributed by atoms with Gasteiger partial charge in [0.15, 0.2) is 0 Å². The van der Waals surface area contributed by atoms with Crippen LogP contribution < -0.4 is 0 Å². The Morgan fingerprint density at radius 2 is 2.16 bits per heavy atom. The van der Waals surface area contributed by atoms with Crippen LogP contribution in [0.25, 0.3) is 0 Å². The number of rotatable bonds is 6. The summed E-state index contributed by atoms with van der Waals surface area (Å²) in [5.74, 6) is 1.45. The van der Waals surface area contributed by atoms with Crippen LogP contribution >= 0.6 is 11.3 Å². The predicted molar refractivity (Wildman–Crippen MR) is 101 cm³/mol. The van der Waals surface area contributed by atoms with E-state index in [1.54, 1.807) is 11.3 Å². The minimum atomic E-state index is 0.307. The first-order chi connectivity index (χ1) is 12.1. The second kappa shape index (κ2) is 9.10. The lowest BCUT2D eigenvalue weighted by Gasteiger charge is -2.33. The maximum Gasteiger partial charge on any atom is 0.222 e. The second-order valence-corrected chi connectivity index (χ2v) is 8.54. The normalized spacial score (nSPS) is 22.5. The Kier molecular flexibility index (Phi) is 6.84. The van der Waals surface area contributed by atoms with Crippen LogP contribution in [0.5, 0.6) is 0 Å². The molecule has 2 saturated heterocycles. The Morgan fingerprint density at radius 1 is 1.36 bits per heavy atom. The molecule has 1 amide bonds. The summed E-state index contributed by atoms with van der Waals surface area (Å²) in [7, 11) is 0. The van der Waals surface area contributed by atoms with Gasteiger partial charge in [-0.15, -0.1) is 11.3 Å². The van der Waals surface area contributed by atoms with Crippen molar-refractivity contribution in [1.29, 1.82) is 0 Å². The molecular formula is C19H31N3O2S. The highest BCUT2D eigenvalue weighted by molar-refractivity contribution is 7.09. The molecule has 0 aliphatic carbocycles. The van der Waals surface area contributed by atoms with Gasteiger partial charge in [0.1, 0.15) is 5.01 Å². The fourth-order valence-electron chi connectivity index (χ4n) is 3.68. The third kappa shape index (κ3) is 5.50. The molecule has 0 bridgehead atoms. The van der Waals surface area contributed by atoms with Crippen LogP contribution in [-0.2, 0) is 16.1 Å². The molecule has 1 aromatic rings. The number of carbonyl (C=O) groups is 1. The average molecular weight is 366 g/mol. The van der Waals surface area contributed by atoms with Gasteiger partial charge in [-0.05, 0) is 37.6 Å². The highest BCUT2D eigenvalue weighted by atomic mass is 32.1. The molecule has 6 heteroatoms. The van der Waals surface area contributed by atoms with Crippen molar-refractivity contribution in [2.75, 3.05) is 39.4 Å². The first-order valence-corrected chi connectivity index (χ1v) is 10.5. The minimum Gasteiger partial charge on any atom is -0.378 e. The van der Waals surface area contributed by atoms with Gasteiger partial charge in [-0.1, -0.05) is 13.8 Å². The Bertz CT molecular complexity index is 555. The van der Waals surface area contributed by atoms with Crippen molar-refractivity contribution in [2.45, 2.75) is 52.0 Å². The molecule has 0 aromatic carbocycles. The smallest absolute Gasteiger partial charge is 0.222 e. The van der Waals surface area contributed by atoms with Crippen LogP contribution in [0.2, 0.25) is 0 Å². The van der Waals surface area contributed by atoms with Crippen LogP contribution in [0.4, 0.5) is 0 Å². The molecule has 1 atom stereocenters. The third-order valence-corrected chi connectivity index (χ3v) is 6.11. The summed E-state index contributed by atoms with van der Waals surface area (Å²) in [6.45, 7) is 10.5. The summed E-state index contributed by atoms with van der Waals surface area (Å²) in [5, 5.41) is 3.43. The minimum absolute atomic E-state index is 0.307. The molecule has 0 saturated carbocycles. The quantitative estimate of drug-likeness (QED) is 0.777. The molecule has 140 valence electrons. The van der Waals surface area contributed by atoms with Crippen molar-refractivity contribution in [3.8, 4) is 0 Å². The number of hydrogen-bond donors (Lipinski definition) is 0. The van der Waals surface area contributed by atoms with E-state index in [4.69, 9.17) is 9.72 Å². The van der Waals surface area contributed by atoms with Crippen LogP contribution in [0.1, 0.15) is 56.2 Å². The lowest BCUT2D eigenvalue weighted by atomic mass is 9.93. The fraction of sp³-hybridized carbons (Fsp3) is 0.789. The van der Waals surface area contributed by atoms with Gasteiger partial charge in [-0.3, -0.25) is 9.69 Å². The Balaban J connectivity index is 1.43. The van der Waals surface area contributed by atoms with Crippen LogP contribution in [0.3, 0.4) is 0 Å². The van der Waals surface area contributed by atoms with Gasteiger partial charge in [0, 0.05) is 31.4 Å². The van der Waals surface area contributed by atoms with Gasteiger partial charge in [0.05, 0.1) is 25.5 Å². The molecule has 0 radical (unpaired) electrons. The molecular weight excluding hydrogens is 334 g/mol. The summed E-state index contributed by atoms with van der Waals surface area (Å²) in [5.41, 5.74) is 1.21. The number of likely N-dealkylation sites (tertiary alicyclic amines) is 1. The maximum atomic E-state index is 12.3. The van der Waals surface area contributed by atoms with E-state index < -0.39 is 0 Å². The number of aromatic nitrogens is 1. The van der Waals surface area contributed by atoms with E-state index in [0.717, 1.165) is 39.1 Å². The zero-order chi connectivity index (χ0) is 17.6. The first-order valence-electron chi connectivity index (χ1n) is 9.64. The zero-order valence-corrected chi connectivity index (χ0v) is 16.4. The molecule has 2 aliphatic heterocycles. The van der Waals surface area contributed by atoms with E-state index >= 15 is 0 Å². The van der Waals surface area contributed by atoms with E-state index in [-0.39, 0.29) is 0 Å². The van der Waals surface area contributed by atoms with Gasteiger partial charge in [-0.25, -0.2) is 4.98 Å². The summed E-state index contributed by atoms with van der Waals surface area (Å²) in [4.78, 5) is 21.6. The van der Waals surface area contributed by atoms with E-state index in [2.05, 4.69) is 24.1 Å². The van der Waals surface area contributed by atoms with Crippen molar-refractivity contribution in [2.24, 2.45) is 5.92 Å². The Morgan fingerprint density at radius 3 is 2.88 bits per heavy atom. The highest BCUT2D eigenvalue weighted by Crippen LogP contribution is 2.25. The SMILES string of the molecule is CC(C)c1csc(CN2CCCC(CCC(=O)N3CCOCC3)C2)n1. The lowest BCUT2D eigenvalue weighted by Crippen LogP contribution is -2.41. The Hall–Kier alpha value is -0.980. The van der Waals surface area contributed by atoms with Gasteiger partial charge in [-0.2, -0.15) is 0 Å². The molecule has 2 aliphatic rings. The second-order valence-electron chi connectivity index (χ2n) is 7.60. The van der Waals surface area contributed by atoms with Crippen LogP contribution in [0, 0.1) is 5.92 Å². The molecule has 1 aromatic heterocycles. The van der Waals surface area contributed by atoms with Crippen molar-refractivity contribution in [1.82, 2.24) is 14.8 Å². The van der Waals surface area contributed by atoms with E-state index in [1.807, 2.05) is 4.90 Å². The molecule has 1 unspecified atom stereocenters. The number of amides is 1. The molecule has 25 heavy (non-hydrogen) atoms. The monoisotopic (exact) mass is 365 g/mol. The molecule has 3 rings (SSSR count). The van der Waals surface area contributed by atoms with Crippen molar-refractivity contribution >= 4 is 17.2 Å². The summed E-state index contributed by atoms with van der Waals surface area (Å²) < 4.78 is 5.33. The van der Waals surface area contributed by atoms with Crippen LogP contribution in [0.15, 0.2) is 5.38 Å². The number of hydrogen-bond acceptors (Lipinski definition) is 5. The van der Waals surface area contributed by atoms with Crippen molar-refractivity contribution < 1.29 is 9.53 Å². The largest absolute Gasteiger partial charge is 0.378 e. The number of carbonyl (C=O) groups excluding carboxylic acids is 1. The summed E-state index contributed by atoms with van der Waals surface area (Å²) in [6.07, 6.45) is 4.19. The van der Waals surface area contributed by atoms with Crippen molar-refractivity contribution in [3.63, 3.8) is 0 Å². The van der Waals surface area contributed by atoms with E-state index in [9.17, 15) is 4.79 Å². The average Bonchev–Trinajstić information content (AvgIpc) is 3.09. The number of piperidine rings is 1. The molecule has 3 heterocycles. The van der Waals surface area contributed by atoms with E-state index in [0.29, 0.717) is 37.4 Å². The standard InChI is InChI=1S/C19H31N3O2S/c1-15(2)17-14-25-18(20-17)13-21-7-3-4-16(12-21)5-6-19(23)22-8-10-24-11-9-22/h14-16H,3-13H2,1-2H3. The number of morpholine rings is 1. The molecule has 5 nitrogen and oxygen atoms in total. The van der Waals surface area contributed by atoms with Gasteiger partial charge in [0.25, 0.3) is 0 Å². The summed E-state index contributed by atoms with van der Waals surface area (Å²) in [6, 6.07) is 0. The number of thiazole rings is 1. The Labute approximate surface area is 155 Å². The zero-order valence-electron chi connectivity index (χ0n) is 15.6. The maximum absolute atomic E-state index is 12.3. The molecule has 0 N–H and O–H groups in total.